The van der Waals surface area contributed by atoms with E-state index in [0.29, 0.717) is 17.3 Å². The van der Waals surface area contributed by atoms with Crippen LogP contribution in [0.5, 0.6) is 0 Å². The van der Waals surface area contributed by atoms with Gasteiger partial charge in [0.05, 0.1) is 17.0 Å². The minimum absolute atomic E-state index is 0.0420. The Hall–Kier alpha value is -3.04. The molecule has 0 radical (unpaired) electrons. The van der Waals surface area contributed by atoms with Crippen LogP contribution in [0.15, 0.2) is 63.9 Å². The maximum absolute atomic E-state index is 13.1. The Morgan fingerprint density at radius 3 is 2.32 bits per heavy atom. The number of amides is 1. The van der Waals surface area contributed by atoms with Gasteiger partial charge in [-0.25, -0.2) is 17.8 Å². The minimum atomic E-state index is -3.72. The molecule has 162 valence electrons. The summed E-state index contributed by atoms with van der Waals surface area (Å²) in [5, 5.41) is 0. The van der Waals surface area contributed by atoms with Crippen LogP contribution in [0, 0.1) is 12.7 Å². The van der Waals surface area contributed by atoms with Gasteiger partial charge in [-0.1, -0.05) is 18.2 Å². The third-order valence-corrected chi connectivity index (χ3v) is 7.19. The van der Waals surface area contributed by atoms with Crippen LogP contribution < -0.4 is 0 Å². The van der Waals surface area contributed by atoms with Crippen molar-refractivity contribution in [3.8, 4) is 11.5 Å². The highest BCUT2D eigenvalue weighted by Crippen LogP contribution is 2.23. The van der Waals surface area contributed by atoms with Gasteiger partial charge in [0.25, 0.3) is 0 Å². The van der Waals surface area contributed by atoms with Crippen molar-refractivity contribution in [2.75, 3.05) is 26.2 Å². The summed E-state index contributed by atoms with van der Waals surface area (Å²) in [6.45, 7) is 2.69. The van der Waals surface area contributed by atoms with Crippen LogP contribution in [-0.2, 0) is 21.2 Å². The van der Waals surface area contributed by atoms with Gasteiger partial charge in [0.15, 0.2) is 0 Å². The average molecular weight is 444 g/mol. The molecule has 0 saturated carbocycles. The lowest BCUT2D eigenvalue weighted by Gasteiger charge is -2.34. The van der Waals surface area contributed by atoms with Gasteiger partial charge in [-0.15, -0.1) is 0 Å². The molecule has 0 spiro atoms. The Bertz CT molecular complexity index is 1170. The number of benzene rings is 2. The van der Waals surface area contributed by atoms with E-state index in [9.17, 15) is 17.6 Å². The van der Waals surface area contributed by atoms with Crippen molar-refractivity contribution >= 4 is 15.9 Å². The zero-order valence-corrected chi connectivity index (χ0v) is 17.8. The molecule has 1 aliphatic heterocycles. The second-order valence-electron chi connectivity index (χ2n) is 7.30. The van der Waals surface area contributed by atoms with E-state index >= 15 is 0 Å². The molecule has 0 unspecified atom stereocenters. The SMILES string of the molecule is Cc1oc(-c2ccccc2)nc1CC(=O)N1CCN(S(=O)(=O)c2ccc(F)cc2)CC1. The monoisotopic (exact) mass is 443 g/mol. The van der Waals surface area contributed by atoms with Crippen molar-refractivity contribution in [1.82, 2.24) is 14.2 Å². The number of carbonyl (C=O) groups is 1. The minimum Gasteiger partial charge on any atom is -0.441 e. The molecule has 1 fully saturated rings. The fourth-order valence-corrected chi connectivity index (χ4v) is 4.91. The van der Waals surface area contributed by atoms with E-state index in [-0.39, 0.29) is 43.4 Å². The van der Waals surface area contributed by atoms with Gasteiger partial charge in [0, 0.05) is 31.7 Å². The average Bonchev–Trinajstić information content (AvgIpc) is 3.15. The highest BCUT2D eigenvalue weighted by molar-refractivity contribution is 7.89. The van der Waals surface area contributed by atoms with Crippen molar-refractivity contribution in [1.29, 1.82) is 0 Å². The zero-order valence-electron chi connectivity index (χ0n) is 17.0. The number of aryl methyl sites for hydroxylation is 1. The number of oxazole rings is 1. The summed E-state index contributed by atoms with van der Waals surface area (Å²) in [5.74, 6) is 0.434. The predicted octanol–water partition coefficient (Wildman–Crippen LogP) is 2.86. The quantitative estimate of drug-likeness (QED) is 0.606. The van der Waals surface area contributed by atoms with Crippen molar-refractivity contribution in [2.24, 2.45) is 0 Å². The summed E-state index contributed by atoms with van der Waals surface area (Å²) >= 11 is 0. The van der Waals surface area contributed by atoms with Gasteiger partial charge in [-0.05, 0) is 43.3 Å². The highest BCUT2D eigenvalue weighted by Gasteiger charge is 2.30. The van der Waals surface area contributed by atoms with Crippen LogP contribution in [0.3, 0.4) is 0 Å². The number of sulfonamides is 1. The smallest absolute Gasteiger partial charge is 0.243 e. The molecule has 3 aromatic rings. The van der Waals surface area contributed by atoms with Gasteiger partial charge in [0.1, 0.15) is 11.6 Å². The Labute approximate surface area is 180 Å². The fraction of sp³-hybridized carbons (Fsp3) is 0.273. The summed E-state index contributed by atoms with van der Waals surface area (Å²) in [4.78, 5) is 18.9. The molecule has 0 atom stereocenters. The first kappa shape index (κ1) is 21.2. The standard InChI is InChI=1S/C22H22FN3O4S/c1-16-20(24-22(30-16)17-5-3-2-4-6-17)15-21(27)25-11-13-26(14-12-25)31(28,29)19-9-7-18(23)8-10-19/h2-10H,11-15H2,1H3. The van der Waals surface area contributed by atoms with Gasteiger partial charge < -0.3 is 9.32 Å². The number of nitrogens with zero attached hydrogens (tertiary/aromatic N) is 3. The molecule has 0 aliphatic carbocycles. The predicted molar refractivity (Wildman–Crippen MR) is 112 cm³/mol. The van der Waals surface area contributed by atoms with Crippen molar-refractivity contribution in [3.63, 3.8) is 0 Å². The van der Waals surface area contributed by atoms with Crippen LogP contribution in [0.2, 0.25) is 0 Å². The topological polar surface area (TPSA) is 83.7 Å². The van der Waals surface area contributed by atoms with E-state index in [1.54, 1.807) is 11.8 Å². The zero-order chi connectivity index (χ0) is 22.0. The number of carbonyl (C=O) groups excluding carboxylic acids is 1. The molecule has 0 N–H and O–H groups in total. The van der Waals surface area contributed by atoms with Gasteiger partial charge in [-0.2, -0.15) is 4.31 Å². The van der Waals surface area contributed by atoms with Gasteiger partial charge in [0.2, 0.25) is 21.8 Å². The normalized spacial score (nSPS) is 15.2. The lowest BCUT2D eigenvalue weighted by molar-refractivity contribution is -0.131. The second-order valence-corrected chi connectivity index (χ2v) is 9.24. The lowest BCUT2D eigenvalue weighted by Crippen LogP contribution is -2.50. The molecule has 1 amide bonds. The number of aromatic nitrogens is 1. The number of rotatable bonds is 5. The molecule has 4 rings (SSSR count). The summed E-state index contributed by atoms with van der Waals surface area (Å²) in [6.07, 6.45) is 0.0902. The van der Waals surface area contributed by atoms with Crippen LogP contribution in [-0.4, -0.2) is 54.7 Å². The molecule has 1 saturated heterocycles. The summed E-state index contributed by atoms with van der Waals surface area (Å²) in [7, 11) is -3.72. The van der Waals surface area contributed by atoms with Crippen LogP contribution in [0.1, 0.15) is 11.5 Å². The maximum Gasteiger partial charge on any atom is 0.243 e. The molecule has 2 heterocycles. The van der Waals surface area contributed by atoms with E-state index in [4.69, 9.17) is 4.42 Å². The summed E-state index contributed by atoms with van der Waals surface area (Å²) < 4.78 is 45.6. The van der Waals surface area contributed by atoms with Crippen molar-refractivity contribution in [2.45, 2.75) is 18.2 Å². The van der Waals surface area contributed by atoms with E-state index in [1.807, 2.05) is 30.3 Å². The first-order valence-corrected chi connectivity index (χ1v) is 11.3. The van der Waals surface area contributed by atoms with Crippen molar-refractivity contribution in [3.05, 3.63) is 71.9 Å². The van der Waals surface area contributed by atoms with Crippen molar-refractivity contribution < 1.29 is 22.0 Å². The molecule has 1 aliphatic rings. The molecule has 2 aromatic carbocycles. The van der Waals surface area contributed by atoms with Gasteiger partial charge >= 0.3 is 0 Å². The Balaban J connectivity index is 1.39. The highest BCUT2D eigenvalue weighted by atomic mass is 32.2. The lowest BCUT2D eigenvalue weighted by atomic mass is 10.2. The Morgan fingerprint density at radius 1 is 1.03 bits per heavy atom. The van der Waals surface area contributed by atoms with E-state index in [1.165, 1.54) is 16.4 Å². The number of hydrogen-bond acceptors (Lipinski definition) is 5. The molecule has 31 heavy (non-hydrogen) atoms. The first-order valence-electron chi connectivity index (χ1n) is 9.90. The second kappa shape index (κ2) is 8.60. The largest absolute Gasteiger partial charge is 0.441 e. The van der Waals surface area contributed by atoms with Crippen LogP contribution >= 0.6 is 0 Å². The first-order chi connectivity index (χ1) is 14.8. The summed E-state index contributed by atoms with van der Waals surface area (Å²) in [6, 6.07) is 14.2. The number of halogens is 1. The van der Waals surface area contributed by atoms with Crippen LogP contribution in [0.25, 0.3) is 11.5 Å². The fourth-order valence-electron chi connectivity index (χ4n) is 3.48. The number of hydrogen-bond donors (Lipinski definition) is 0. The maximum atomic E-state index is 13.1. The van der Waals surface area contributed by atoms with Crippen LogP contribution in [0.4, 0.5) is 4.39 Å². The molecule has 9 heteroatoms. The van der Waals surface area contributed by atoms with E-state index < -0.39 is 15.8 Å². The third-order valence-electron chi connectivity index (χ3n) is 5.27. The molecule has 1 aromatic heterocycles. The van der Waals surface area contributed by atoms with Gasteiger partial charge in [-0.3, -0.25) is 4.79 Å². The molecule has 0 bridgehead atoms. The Kier molecular flexibility index (Phi) is 5.88. The van der Waals surface area contributed by atoms with E-state index in [0.717, 1.165) is 17.7 Å². The Morgan fingerprint density at radius 2 is 1.68 bits per heavy atom. The van der Waals surface area contributed by atoms with E-state index in [2.05, 4.69) is 4.98 Å². The third kappa shape index (κ3) is 4.52. The summed E-state index contributed by atoms with van der Waals surface area (Å²) in [5.41, 5.74) is 1.41. The molecular formula is C22H22FN3O4S. The molecular weight excluding hydrogens is 421 g/mol. The number of piperazine rings is 1. The molecule has 7 nitrogen and oxygen atoms in total.